The number of Topliss-reactive ketones (excluding diaryl/α,β-unsaturated/α-hetero) is 1. The van der Waals surface area contributed by atoms with E-state index in [1.807, 2.05) is 0 Å². The fraction of sp³-hybridized carbons (Fsp3) is 0.500. The smallest absolute Gasteiger partial charge is 0.209 e. The molecular weight excluding hydrogens is 128 g/mol. The third-order valence-electron chi connectivity index (χ3n) is 0.677. The maximum atomic E-state index is 10.0. The van der Waals surface area contributed by atoms with Crippen LogP contribution in [-0.4, -0.2) is 34.7 Å². The topological polar surface area (TPSA) is 97.7 Å². The first-order chi connectivity index (χ1) is 4.09. The van der Waals surface area contributed by atoms with E-state index in [0.717, 1.165) is 0 Å². The number of ketones is 1. The Morgan fingerprint density at radius 3 is 2.11 bits per heavy atom. The number of carboxylic acids is 1. The number of carbonyl (C=O) groups is 2. The van der Waals surface area contributed by atoms with Crippen LogP contribution in [0.4, 0.5) is 0 Å². The van der Waals surface area contributed by atoms with Gasteiger partial charge in [0, 0.05) is 0 Å². The molecule has 0 radical (unpaired) electrons. The first kappa shape index (κ1) is 8.06. The van der Waals surface area contributed by atoms with Gasteiger partial charge in [-0.15, -0.1) is 0 Å². The van der Waals surface area contributed by atoms with E-state index in [4.69, 9.17) is 10.2 Å². The van der Waals surface area contributed by atoms with Crippen molar-refractivity contribution >= 4 is 11.8 Å². The zero-order valence-electron chi connectivity index (χ0n) is 4.40. The van der Waals surface area contributed by atoms with Crippen LogP contribution in [0.2, 0.25) is 0 Å². The van der Waals surface area contributed by atoms with Crippen LogP contribution in [0.1, 0.15) is 0 Å². The quantitative estimate of drug-likeness (QED) is 0.392. The molecule has 0 fully saturated rings. The summed E-state index contributed by atoms with van der Waals surface area (Å²) in [6, 6.07) is 0. The number of aliphatic hydroxyl groups excluding tert-OH is 2. The molecule has 0 aliphatic carbocycles. The molecule has 0 unspecified atom stereocenters. The molecule has 0 aliphatic heterocycles. The lowest BCUT2D eigenvalue weighted by atomic mass is 10.2. The Labute approximate surface area is 50.5 Å². The average molecular weight is 133 g/mol. The lowest BCUT2D eigenvalue weighted by Crippen LogP contribution is -2.40. The van der Waals surface area contributed by atoms with Crippen LogP contribution in [0.3, 0.4) is 0 Å². The summed E-state index contributed by atoms with van der Waals surface area (Å²) in [6.45, 7) is -0.896. The van der Waals surface area contributed by atoms with Crippen LogP contribution in [0, 0.1) is 0 Å². The molecule has 5 nitrogen and oxygen atoms in total. The SMILES string of the molecule is O=C([O-])C(=O)[C@@H](O)CO. The number of aliphatic carboxylic acids is 1. The Morgan fingerprint density at radius 2 is 2.00 bits per heavy atom. The van der Waals surface area contributed by atoms with Crippen molar-refractivity contribution in [1.82, 2.24) is 0 Å². The van der Waals surface area contributed by atoms with E-state index in [9.17, 15) is 14.7 Å². The van der Waals surface area contributed by atoms with Gasteiger partial charge < -0.3 is 20.1 Å². The van der Waals surface area contributed by atoms with Crippen molar-refractivity contribution in [2.45, 2.75) is 6.10 Å². The molecule has 0 saturated heterocycles. The van der Waals surface area contributed by atoms with Crippen LogP contribution in [0.5, 0.6) is 0 Å². The molecule has 0 aromatic carbocycles. The van der Waals surface area contributed by atoms with E-state index in [1.54, 1.807) is 0 Å². The lowest BCUT2D eigenvalue weighted by Gasteiger charge is -2.04. The first-order valence-corrected chi connectivity index (χ1v) is 2.13. The van der Waals surface area contributed by atoms with Gasteiger partial charge in [-0.05, 0) is 0 Å². The summed E-state index contributed by atoms with van der Waals surface area (Å²) in [5.41, 5.74) is 0. The van der Waals surface area contributed by atoms with Gasteiger partial charge in [-0.2, -0.15) is 0 Å². The fourth-order valence-corrected chi connectivity index (χ4v) is 0.219. The Balaban J connectivity index is 3.88. The van der Waals surface area contributed by atoms with E-state index in [1.165, 1.54) is 0 Å². The van der Waals surface area contributed by atoms with E-state index in [2.05, 4.69) is 0 Å². The van der Waals surface area contributed by atoms with Gasteiger partial charge in [-0.25, -0.2) is 0 Å². The normalized spacial score (nSPS) is 12.7. The van der Waals surface area contributed by atoms with Gasteiger partial charge in [0.2, 0.25) is 5.78 Å². The van der Waals surface area contributed by atoms with Crippen molar-refractivity contribution in [2.24, 2.45) is 0 Å². The molecule has 0 amide bonds. The van der Waals surface area contributed by atoms with Crippen molar-refractivity contribution in [1.29, 1.82) is 0 Å². The van der Waals surface area contributed by atoms with Gasteiger partial charge in [0.05, 0.1) is 6.61 Å². The highest BCUT2D eigenvalue weighted by molar-refractivity contribution is 6.33. The van der Waals surface area contributed by atoms with Crippen LogP contribution >= 0.6 is 0 Å². The molecule has 0 aromatic rings. The molecular formula is C4H5O5-. The molecule has 1 atom stereocenters. The summed E-state index contributed by atoms with van der Waals surface area (Å²) in [6.07, 6.45) is -1.85. The van der Waals surface area contributed by atoms with Gasteiger partial charge >= 0.3 is 0 Å². The highest BCUT2D eigenvalue weighted by atomic mass is 16.4. The van der Waals surface area contributed by atoms with Crippen LogP contribution < -0.4 is 5.11 Å². The summed E-state index contributed by atoms with van der Waals surface area (Å²) >= 11 is 0. The molecule has 52 valence electrons. The van der Waals surface area contributed by atoms with Crippen molar-refractivity contribution < 1.29 is 24.9 Å². The molecule has 9 heavy (non-hydrogen) atoms. The summed E-state index contributed by atoms with van der Waals surface area (Å²) in [7, 11) is 0. The van der Waals surface area contributed by atoms with Gasteiger partial charge in [-0.1, -0.05) is 0 Å². The van der Waals surface area contributed by atoms with Gasteiger partial charge in [-0.3, -0.25) is 4.79 Å². The third-order valence-corrected chi connectivity index (χ3v) is 0.677. The zero-order valence-corrected chi connectivity index (χ0v) is 4.40. The molecule has 0 aromatic heterocycles. The first-order valence-electron chi connectivity index (χ1n) is 2.13. The number of carbonyl (C=O) groups excluding carboxylic acids is 2. The van der Waals surface area contributed by atoms with Crippen LogP contribution in [0.25, 0.3) is 0 Å². The summed E-state index contributed by atoms with van der Waals surface area (Å²) < 4.78 is 0. The second kappa shape index (κ2) is 3.16. The number of aliphatic hydroxyl groups is 2. The standard InChI is InChI=1S/C4H6O5/c5-1-2(6)3(7)4(8)9/h2,5-6H,1H2,(H,8,9)/p-1/t2-/m0/s1. The Hall–Kier alpha value is -0.940. The Morgan fingerprint density at radius 1 is 1.56 bits per heavy atom. The highest BCUT2D eigenvalue weighted by Gasteiger charge is 2.13. The van der Waals surface area contributed by atoms with E-state index < -0.39 is 24.5 Å². The summed E-state index contributed by atoms with van der Waals surface area (Å²) in [5.74, 6) is -3.49. The molecule has 0 aliphatic rings. The second-order valence-electron chi connectivity index (χ2n) is 1.35. The maximum Gasteiger partial charge on any atom is 0.209 e. The van der Waals surface area contributed by atoms with E-state index >= 15 is 0 Å². The van der Waals surface area contributed by atoms with Gasteiger partial charge in [0.1, 0.15) is 12.1 Å². The fourth-order valence-electron chi connectivity index (χ4n) is 0.219. The number of rotatable bonds is 3. The molecule has 0 bridgehead atoms. The minimum absolute atomic E-state index is 0.896. The molecule has 0 spiro atoms. The molecule has 0 heterocycles. The summed E-state index contributed by atoms with van der Waals surface area (Å²) in [4.78, 5) is 19.6. The number of carboxylic acid groups (broad SMARTS) is 1. The molecule has 0 saturated carbocycles. The Bertz CT molecular complexity index is 129. The van der Waals surface area contributed by atoms with Crippen molar-refractivity contribution in [3.05, 3.63) is 0 Å². The molecule has 5 heteroatoms. The van der Waals surface area contributed by atoms with Crippen LogP contribution in [0.15, 0.2) is 0 Å². The minimum Gasteiger partial charge on any atom is -0.542 e. The second-order valence-corrected chi connectivity index (χ2v) is 1.35. The van der Waals surface area contributed by atoms with Crippen molar-refractivity contribution in [3.63, 3.8) is 0 Å². The van der Waals surface area contributed by atoms with Gasteiger partial charge in [0.25, 0.3) is 0 Å². The average Bonchev–Trinajstić information content (AvgIpc) is 1.84. The summed E-state index contributed by atoms with van der Waals surface area (Å²) in [5, 5.41) is 25.8. The van der Waals surface area contributed by atoms with Gasteiger partial charge in [0.15, 0.2) is 0 Å². The number of hydrogen-bond donors (Lipinski definition) is 2. The van der Waals surface area contributed by atoms with Crippen molar-refractivity contribution in [3.8, 4) is 0 Å². The lowest BCUT2D eigenvalue weighted by molar-refractivity contribution is -0.301. The largest absolute Gasteiger partial charge is 0.542 e. The minimum atomic E-state index is -1.99. The van der Waals surface area contributed by atoms with E-state index in [0.29, 0.717) is 0 Å². The zero-order chi connectivity index (χ0) is 7.44. The number of hydrogen-bond acceptors (Lipinski definition) is 5. The highest BCUT2D eigenvalue weighted by Crippen LogP contribution is 1.80. The van der Waals surface area contributed by atoms with E-state index in [-0.39, 0.29) is 0 Å². The maximum absolute atomic E-state index is 10.0. The Kier molecular flexibility index (Phi) is 2.83. The third kappa shape index (κ3) is 2.20. The van der Waals surface area contributed by atoms with Crippen molar-refractivity contribution in [2.75, 3.05) is 6.61 Å². The molecule has 0 rings (SSSR count). The van der Waals surface area contributed by atoms with Crippen LogP contribution in [-0.2, 0) is 9.59 Å². The molecule has 2 N–H and O–H groups in total. The monoisotopic (exact) mass is 133 g/mol. The predicted molar refractivity (Wildman–Crippen MR) is 23.1 cm³/mol. The predicted octanol–water partition coefficient (Wildman–Crippen LogP) is -3.34.